The third-order valence-corrected chi connectivity index (χ3v) is 2.17. The molecule has 5 nitrogen and oxygen atoms in total. The van der Waals surface area contributed by atoms with Crippen molar-refractivity contribution in [2.24, 2.45) is 0 Å². The number of urea groups is 1. The van der Waals surface area contributed by atoms with Crippen LogP contribution in [0, 0.1) is 11.3 Å². The van der Waals surface area contributed by atoms with Gasteiger partial charge in [-0.1, -0.05) is 6.07 Å². The van der Waals surface area contributed by atoms with Gasteiger partial charge in [0.05, 0.1) is 23.5 Å². The SMILES string of the molecule is N#Cc1cccc(NC(=O)Nc2cccnc2)c1. The second kappa shape index (κ2) is 5.46. The zero-order chi connectivity index (χ0) is 12.8. The van der Waals surface area contributed by atoms with Crippen molar-refractivity contribution in [3.63, 3.8) is 0 Å². The van der Waals surface area contributed by atoms with Gasteiger partial charge in [-0.15, -0.1) is 0 Å². The van der Waals surface area contributed by atoms with Gasteiger partial charge in [0.1, 0.15) is 0 Å². The van der Waals surface area contributed by atoms with E-state index in [0.29, 0.717) is 16.9 Å². The van der Waals surface area contributed by atoms with Crippen LogP contribution in [0.4, 0.5) is 16.2 Å². The molecule has 0 bridgehead atoms. The van der Waals surface area contributed by atoms with Crippen molar-refractivity contribution in [2.45, 2.75) is 0 Å². The Balaban J connectivity index is 2.01. The van der Waals surface area contributed by atoms with Crippen LogP contribution in [0.25, 0.3) is 0 Å². The monoisotopic (exact) mass is 238 g/mol. The van der Waals surface area contributed by atoms with Crippen molar-refractivity contribution in [3.8, 4) is 6.07 Å². The molecule has 2 rings (SSSR count). The summed E-state index contributed by atoms with van der Waals surface area (Å²) < 4.78 is 0. The zero-order valence-corrected chi connectivity index (χ0v) is 9.42. The average Bonchev–Trinajstić information content (AvgIpc) is 2.40. The number of amides is 2. The number of pyridine rings is 1. The summed E-state index contributed by atoms with van der Waals surface area (Å²) in [4.78, 5) is 15.5. The fourth-order valence-corrected chi connectivity index (χ4v) is 1.40. The Kier molecular flexibility index (Phi) is 3.52. The number of hydrogen-bond acceptors (Lipinski definition) is 3. The highest BCUT2D eigenvalue weighted by molar-refractivity contribution is 5.99. The molecule has 0 fully saturated rings. The van der Waals surface area contributed by atoms with E-state index in [4.69, 9.17) is 5.26 Å². The van der Waals surface area contributed by atoms with E-state index in [1.807, 2.05) is 6.07 Å². The molecule has 0 saturated heterocycles. The molecule has 0 unspecified atom stereocenters. The van der Waals surface area contributed by atoms with Crippen LogP contribution in [-0.2, 0) is 0 Å². The van der Waals surface area contributed by atoms with Gasteiger partial charge in [0, 0.05) is 11.9 Å². The maximum absolute atomic E-state index is 11.6. The normalized spacial score (nSPS) is 9.28. The van der Waals surface area contributed by atoms with E-state index in [0.717, 1.165) is 0 Å². The van der Waals surface area contributed by atoms with Crippen LogP contribution >= 0.6 is 0 Å². The topological polar surface area (TPSA) is 77.8 Å². The molecule has 1 heterocycles. The molecular weight excluding hydrogens is 228 g/mol. The summed E-state index contributed by atoms with van der Waals surface area (Å²) in [6.07, 6.45) is 3.17. The van der Waals surface area contributed by atoms with Crippen molar-refractivity contribution in [1.29, 1.82) is 5.26 Å². The standard InChI is InChI=1S/C13H10N4O/c14-8-10-3-1-4-11(7-10)16-13(18)17-12-5-2-6-15-9-12/h1-7,9H,(H2,16,17,18). The largest absolute Gasteiger partial charge is 0.323 e. The van der Waals surface area contributed by atoms with Gasteiger partial charge in [0.2, 0.25) is 0 Å². The number of hydrogen-bond donors (Lipinski definition) is 2. The molecule has 0 aliphatic heterocycles. The Morgan fingerprint density at radius 3 is 2.67 bits per heavy atom. The van der Waals surface area contributed by atoms with Crippen molar-refractivity contribution in [1.82, 2.24) is 4.98 Å². The molecule has 2 amide bonds. The summed E-state index contributed by atoms with van der Waals surface area (Å²) in [6, 6.07) is 11.8. The van der Waals surface area contributed by atoms with Crippen molar-refractivity contribution >= 4 is 17.4 Å². The third kappa shape index (κ3) is 3.06. The van der Waals surface area contributed by atoms with Crippen LogP contribution in [0.1, 0.15) is 5.56 Å². The molecule has 1 aromatic heterocycles. The van der Waals surface area contributed by atoms with Gasteiger partial charge < -0.3 is 10.6 Å². The number of aromatic nitrogens is 1. The van der Waals surface area contributed by atoms with Crippen molar-refractivity contribution in [2.75, 3.05) is 10.6 Å². The Bertz CT molecular complexity index is 589. The summed E-state index contributed by atoms with van der Waals surface area (Å²) in [7, 11) is 0. The van der Waals surface area contributed by atoms with E-state index in [1.54, 1.807) is 48.8 Å². The van der Waals surface area contributed by atoms with Crippen LogP contribution in [0.15, 0.2) is 48.8 Å². The second-order valence-electron chi connectivity index (χ2n) is 3.51. The molecule has 18 heavy (non-hydrogen) atoms. The smallest absolute Gasteiger partial charge is 0.308 e. The first-order chi connectivity index (χ1) is 8.78. The molecule has 1 aromatic carbocycles. The Hall–Kier alpha value is -2.87. The number of carbonyl (C=O) groups is 1. The van der Waals surface area contributed by atoms with Gasteiger partial charge >= 0.3 is 6.03 Å². The molecule has 2 N–H and O–H groups in total. The molecule has 2 aromatic rings. The Morgan fingerprint density at radius 2 is 1.94 bits per heavy atom. The summed E-state index contributed by atoms with van der Waals surface area (Å²) >= 11 is 0. The minimum atomic E-state index is -0.377. The van der Waals surface area contributed by atoms with Gasteiger partial charge in [-0.2, -0.15) is 5.26 Å². The highest BCUT2D eigenvalue weighted by Crippen LogP contribution is 2.10. The predicted molar refractivity (Wildman–Crippen MR) is 68.0 cm³/mol. The minimum absolute atomic E-state index is 0.377. The maximum atomic E-state index is 11.6. The number of anilines is 2. The molecule has 0 aliphatic rings. The predicted octanol–water partition coefficient (Wildman–Crippen LogP) is 2.60. The van der Waals surface area contributed by atoms with E-state index < -0.39 is 0 Å². The number of carbonyl (C=O) groups excluding carboxylic acids is 1. The molecule has 0 atom stereocenters. The van der Waals surface area contributed by atoms with Gasteiger partial charge in [0.25, 0.3) is 0 Å². The second-order valence-corrected chi connectivity index (χ2v) is 3.51. The minimum Gasteiger partial charge on any atom is -0.308 e. The average molecular weight is 238 g/mol. The van der Waals surface area contributed by atoms with Crippen LogP contribution in [0.3, 0.4) is 0 Å². The lowest BCUT2D eigenvalue weighted by molar-refractivity contribution is 0.262. The van der Waals surface area contributed by atoms with Crippen molar-refractivity contribution in [3.05, 3.63) is 54.4 Å². The van der Waals surface area contributed by atoms with E-state index >= 15 is 0 Å². The van der Waals surface area contributed by atoms with Crippen LogP contribution < -0.4 is 10.6 Å². The number of benzene rings is 1. The highest BCUT2D eigenvalue weighted by atomic mass is 16.2. The number of nitrogens with zero attached hydrogens (tertiary/aromatic N) is 2. The van der Waals surface area contributed by atoms with Gasteiger partial charge in [0.15, 0.2) is 0 Å². The fraction of sp³-hybridized carbons (Fsp3) is 0. The zero-order valence-electron chi connectivity index (χ0n) is 9.42. The molecule has 0 spiro atoms. The number of nitrogens with one attached hydrogen (secondary N) is 2. The van der Waals surface area contributed by atoms with Gasteiger partial charge in [-0.05, 0) is 30.3 Å². The van der Waals surface area contributed by atoms with E-state index in [-0.39, 0.29) is 6.03 Å². The fourth-order valence-electron chi connectivity index (χ4n) is 1.40. The van der Waals surface area contributed by atoms with Crippen LogP contribution in [-0.4, -0.2) is 11.0 Å². The lowest BCUT2D eigenvalue weighted by atomic mass is 10.2. The molecular formula is C13H10N4O. The molecule has 0 radical (unpaired) electrons. The number of nitriles is 1. The summed E-state index contributed by atoms with van der Waals surface area (Å²) in [5, 5.41) is 14.0. The Labute approximate surface area is 104 Å². The quantitative estimate of drug-likeness (QED) is 0.844. The third-order valence-electron chi connectivity index (χ3n) is 2.17. The molecule has 0 aliphatic carbocycles. The lowest BCUT2D eigenvalue weighted by Gasteiger charge is -2.07. The van der Waals surface area contributed by atoms with E-state index in [1.165, 1.54) is 0 Å². The first-order valence-electron chi connectivity index (χ1n) is 5.26. The van der Waals surface area contributed by atoms with Crippen LogP contribution in [0.2, 0.25) is 0 Å². The van der Waals surface area contributed by atoms with Gasteiger partial charge in [-0.25, -0.2) is 4.79 Å². The lowest BCUT2D eigenvalue weighted by Crippen LogP contribution is -2.19. The number of rotatable bonds is 2. The van der Waals surface area contributed by atoms with Crippen molar-refractivity contribution < 1.29 is 4.79 Å². The maximum Gasteiger partial charge on any atom is 0.323 e. The summed E-state index contributed by atoms with van der Waals surface area (Å²) in [5.41, 5.74) is 1.66. The Morgan fingerprint density at radius 1 is 1.17 bits per heavy atom. The molecule has 0 saturated carbocycles. The first-order valence-corrected chi connectivity index (χ1v) is 5.26. The highest BCUT2D eigenvalue weighted by Gasteiger charge is 2.02. The molecule has 88 valence electrons. The van der Waals surface area contributed by atoms with Gasteiger partial charge in [-0.3, -0.25) is 4.98 Å². The van der Waals surface area contributed by atoms with E-state index in [9.17, 15) is 4.79 Å². The summed E-state index contributed by atoms with van der Waals surface area (Å²) in [5.74, 6) is 0. The summed E-state index contributed by atoms with van der Waals surface area (Å²) in [6.45, 7) is 0. The molecule has 5 heteroatoms. The van der Waals surface area contributed by atoms with E-state index in [2.05, 4.69) is 15.6 Å². The van der Waals surface area contributed by atoms with Crippen LogP contribution in [0.5, 0.6) is 0 Å². The first kappa shape index (κ1) is 11.6.